The number of aliphatic hydroxyl groups excluding tert-OH is 1. The Morgan fingerprint density at radius 2 is 1.62 bits per heavy atom. The second kappa shape index (κ2) is 7.73. The largest absolute Gasteiger partial charge is 0.489 e. The zero-order valence-electron chi connectivity index (χ0n) is 14.4. The van der Waals surface area contributed by atoms with Gasteiger partial charge in [0.1, 0.15) is 12.4 Å². The third kappa shape index (κ3) is 3.79. The van der Waals surface area contributed by atoms with Gasteiger partial charge in [0, 0.05) is 16.2 Å². The van der Waals surface area contributed by atoms with Crippen LogP contribution in [-0.4, -0.2) is 11.7 Å². The van der Waals surface area contributed by atoms with Crippen LogP contribution >= 0.6 is 11.3 Å². The molecule has 0 aliphatic carbocycles. The number of rotatable bonds is 6. The number of fused-ring (bicyclic) bond motifs is 1. The van der Waals surface area contributed by atoms with E-state index in [2.05, 4.69) is 54.6 Å². The van der Waals surface area contributed by atoms with Crippen molar-refractivity contribution in [3.05, 3.63) is 90.0 Å². The first kappa shape index (κ1) is 16.8. The molecule has 0 aliphatic rings. The van der Waals surface area contributed by atoms with Crippen molar-refractivity contribution in [2.75, 3.05) is 6.61 Å². The maximum Gasteiger partial charge on any atom is 0.121 e. The molecule has 0 atom stereocenters. The van der Waals surface area contributed by atoms with E-state index < -0.39 is 0 Å². The molecule has 0 aliphatic heterocycles. The van der Waals surface area contributed by atoms with Crippen LogP contribution in [0.2, 0.25) is 0 Å². The van der Waals surface area contributed by atoms with Crippen LogP contribution in [0.5, 0.6) is 5.75 Å². The predicted molar refractivity (Wildman–Crippen MR) is 109 cm³/mol. The highest BCUT2D eigenvalue weighted by Crippen LogP contribution is 2.35. The van der Waals surface area contributed by atoms with Crippen molar-refractivity contribution in [2.45, 2.75) is 13.0 Å². The fourth-order valence-corrected chi connectivity index (χ4v) is 4.05. The Labute approximate surface area is 157 Å². The molecule has 0 saturated heterocycles. The Hall–Kier alpha value is -2.62. The highest BCUT2D eigenvalue weighted by molar-refractivity contribution is 7.22. The summed E-state index contributed by atoms with van der Waals surface area (Å²) in [5, 5.41) is 10.3. The van der Waals surface area contributed by atoms with Gasteiger partial charge in [-0.15, -0.1) is 11.3 Å². The molecule has 130 valence electrons. The molecule has 3 heteroatoms. The van der Waals surface area contributed by atoms with E-state index in [1.807, 2.05) is 24.3 Å². The fourth-order valence-electron chi connectivity index (χ4n) is 2.95. The van der Waals surface area contributed by atoms with Gasteiger partial charge in [0.25, 0.3) is 0 Å². The first-order chi connectivity index (χ1) is 12.8. The van der Waals surface area contributed by atoms with E-state index in [1.54, 1.807) is 11.3 Å². The quantitative estimate of drug-likeness (QED) is 0.479. The Morgan fingerprint density at radius 1 is 0.808 bits per heavy atom. The molecule has 0 saturated carbocycles. The lowest BCUT2D eigenvalue weighted by Crippen LogP contribution is -1.94. The van der Waals surface area contributed by atoms with Crippen molar-refractivity contribution in [1.29, 1.82) is 0 Å². The molecule has 0 amide bonds. The molecule has 0 unspecified atom stereocenters. The third-order valence-electron chi connectivity index (χ3n) is 4.38. The van der Waals surface area contributed by atoms with Crippen LogP contribution in [0.15, 0.2) is 78.9 Å². The predicted octanol–water partition coefficient (Wildman–Crippen LogP) is 5.68. The maximum atomic E-state index is 9.03. The summed E-state index contributed by atoms with van der Waals surface area (Å²) in [5.74, 6) is 0.896. The number of thiophene rings is 1. The topological polar surface area (TPSA) is 29.5 Å². The van der Waals surface area contributed by atoms with Crippen LogP contribution < -0.4 is 4.74 Å². The Bertz CT molecular complexity index is 988. The van der Waals surface area contributed by atoms with Crippen LogP contribution in [0.4, 0.5) is 0 Å². The minimum absolute atomic E-state index is 0.188. The van der Waals surface area contributed by atoms with Gasteiger partial charge in [-0.1, -0.05) is 54.6 Å². The zero-order chi connectivity index (χ0) is 17.8. The van der Waals surface area contributed by atoms with E-state index in [1.165, 1.54) is 26.1 Å². The number of benzene rings is 3. The molecule has 1 heterocycles. The molecular weight excluding hydrogens is 340 g/mol. The van der Waals surface area contributed by atoms with Gasteiger partial charge in [-0.25, -0.2) is 0 Å². The lowest BCUT2D eigenvalue weighted by molar-refractivity contribution is 0.299. The molecule has 0 fully saturated rings. The van der Waals surface area contributed by atoms with Crippen LogP contribution in [0.1, 0.15) is 11.1 Å². The van der Waals surface area contributed by atoms with Gasteiger partial charge in [-0.05, 0) is 52.8 Å². The smallest absolute Gasteiger partial charge is 0.121 e. The zero-order valence-corrected chi connectivity index (χ0v) is 15.2. The van der Waals surface area contributed by atoms with E-state index in [0.29, 0.717) is 13.0 Å². The summed E-state index contributed by atoms with van der Waals surface area (Å²) < 4.78 is 7.17. The van der Waals surface area contributed by atoms with Crippen molar-refractivity contribution in [2.24, 2.45) is 0 Å². The molecule has 1 N–H and O–H groups in total. The third-order valence-corrected chi connectivity index (χ3v) is 5.53. The van der Waals surface area contributed by atoms with Crippen molar-refractivity contribution in [1.82, 2.24) is 0 Å². The lowest BCUT2D eigenvalue weighted by Gasteiger charge is -2.06. The van der Waals surface area contributed by atoms with E-state index in [0.717, 1.165) is 11.3 Å². The van der Waals surface area contributed by atoms with Crippen molar-refractivity contribution in [3.63, 3.8) is 0 Å². The monoisotopic (exact) mass is 360 g/mol. The SMILES string of the molecule is OCCc1ccc(-c2cc3ccc(OCc4ccccc4)cc3s2)cc1. The first-order valence-corrected chi connectivity index (χ1v) is 9.54. The Balaban J connectivity index is 1.53. The van der Waals surface area contributed by atoms with Gasteiger partial charge >= 0.3 is 0 Å². The molecular formula is C23H20O2S. The summed E-state index contributed by atoms with van der Waals surface area (Å²) in [6.45, 7) is 0.769. The summed E-state index contributed by atoms with van der Waals surface area (Å²) in [6, 6.07) is 27.1. The van der Waals surface area contributed by atoms with Crippen LogP contribution in [0, 0.1) is 0 Å². The highest BCUT2D eigenvalue weighted by atomic mass is 32.1. The van der Waals surface area contributed by atoms with Gasteiger partial charge in [0.2, 0.25) is 0 Å². The molecule has 0 bridgehead atoms. The van der Waals surface area contributed by atoms with Crippen LogP contribution in [0.3, 0.4) is 0 Å². The van der Waals surface area contributed by atoms with E-state index in [4.69, 9.17) is 9.84 Å². The summed E-state index contributed by atoms with van der Waals surface area (Å²) in [6.07, 6.45) is 0.703. The molecule has 4 aromatic rings. The molecule has 0 radical (unpaired) electrons. The highest BCUT2D eigenvalue weighted by Gasteiger charge is 2.06. The Kier molecular flexibility index (Phi) is 5.00. The van der Waals surface area contributed by atoms with Crippen molar-refractivity contribution in [3.8, 4) is 16.2 Å². The second-order valence-electron chi connectivity index (χ2n) is 6.26. The summed E-state index contributed by atoms with van der Waals surface area (Å²) in [5.41, 5.74) is 3.54. The minimum atomic E-state index is 0.188. The number of ether oxygens (including phenoxy) is 1. The van der Waals surface area contributed by atoms with Crippen molar-refractivity contribution < 1.29 is 9.84 Å². The lowest BCUT2D eigenvalue weighted by atomic mass is 10.1. The van der Waals surface area contributed by atoms with Gasteiger partial charge in [0.05, 0.1) is 0 Å². The first-order valence-electron chi connectivity index (χ1n) is 8.72. The molecule has 2 nitrogen and oxygen atoms in total. The van der Waals surface area contributed by atoms with E-state index >= 15 is 0 Å². The number of aliphatic hydroxyl groups is 1. The summed E-state index contributed by atoms with van der Waals surface area (Å²) in [4.78, 5) is 1.25. The molecule has 0 spiro atoms. The van der Waals surface area contributed by atoms with Gasteiger partial charge < -0.3 is 9.84 Å². The van der Waals surface area contributed by atoms with Gasteiger partial charge in [-0.3, -0.25) is 0 Å². The Morgan fingerprint density at radius 3 is 2.38 bits per heavy atom. The summed E-state index contributed by atoms with van der Waals surface area (Å²) >= 11 is 1.78. The van der Waals surface area contributed by atoms with Gasteiger partial charge in [0.15, 0.2) is 0 Å². The average Bonchev–Trinajstić information content (AvgIpc) is 3.11. The standard InChI is InChI=1S/C23H20O2S/c24-13-12-17-6-8-19(9-7-17)22-14-20-10-11-21(15-23(20)26-22)25-16-18-4-2-1-3-5-18/h1-11,14-15,24H,12-13,16H2. The van der Waals surface area contributed by atoms with E-state index in [-0.39, 0.29) is 6.61 Å². The maximum absolute atomic E-state index is 9.03. The van der Waals surface area contributed by atoms with E-state index in [9.17, 15) is 0 Å². The summed E-state index contributed by atoms with van der Waals surface area (Å²) in [7, 11) is 0. The number of hydrogen-bond donors (Lipinski definition) is 1. The fraction of sp³-hybridized carbons (Fsp3) is 0.130. The van der Waals surface area contributed by atoms with Crippen LogP contribution in [0.25, 0.3) is 20.5 Å². The molecule has 26 heavy (non-hydrogen) atoms. The second-order valence-corrected chi connectivity index (χ2v) is 7.34. The van der Waals surface area contributed by atoms with Gasteiger partial charge in [-0.2, -0.15) is 0 Å². The normalized spacial score (nSPS) is 11.0. The minimum Gasteiger partial charge on any atom is -0.489 e. The molecule has 3 aromatic carbocycles. The van der Waals surface area contributed by atoms with Crippen LogP contribution in [-0.2, 0) is 13.0 Å². The molecule has 1 aromatic heterocycles. The molecule has 4 rings (SSSR count). The number of hydrogen-bond acceptors (Lipinski definition) is 3. The average molecular weight is 360 g/mol. The van der Waals surface area contributed by atoms with Crippen molar-refractivity contribution >= 4 is 21.4 Å².